The molecular formula is C21H32FNO. The quantitative estimate of drug-likeness (QED) is 0.831. The second-order valence-corrected chi connectivity index (χ2v) is 7.73. The summed E-state index contributed by atoms with van der Waals surface area (Å²) in [5.74, 6) is 0.209. The highest BCUT2D eigenvalue weighted by Gasteiger charge is 2.46. The van der Waals surface area contributed by atoms with Crippen molar-refractivity contribution in [3.63, 3.8) is 0 Å². The number of piperidine rings is 1. The molecule has 24 heavy (non-hydrogen) atoms. The molecule has 0 bridgehead atoms. The van der Waals surface area contributed by atoms with E-state index in [-0.39, 0.29) is 18.4 Å². The average Bonchev–Trinajstić information content (AvgIpc) is 2.59. The zero-order valence-corrected chi connectivity index (χ0v) is 15.2. The number of alkyl halides is 1. The second kappa shape index (κ2) is 7.53. The Hall–Kier alpha value is -0.930. The fraction of sp³-hybridized carbons (Fsp3) is 0.714. The predicted molar refractivity (Wildman–Crippen MR) is 97.0 cm³/mol. The van der Waals surface area contributed by atoms with Gasteiger partial charge in [0.2, 0.25) is 0 Å². The van der Waals surface area contributed by atoms with Crippen LogP contribution in [0.2, 0.25) is 0 Å². The first-order chi connectivity index (χ1) is 11.6. The SMILES string of the molecule is CCCC[C@@H]1CN2CCc3ccc(CC)cc3[C@H]2C[C@]1(O)CCF. The Morgan fingerprint density at radius 3 is 2.88 bits per heavy atom. The van der Waals surface area contributed by atoms with Crippen LogP contribution in [0, 0.1) is 5.92 Å². The molecule has 3 rings (SSSR count). The minimum absolute atomic E-state index is 0.209. The number of hydrogen-bond donors (Lipinski definition) is 1. The molecule has 2 nitrogen and oxygen atoms in total. The van der Waals surface area contributed by atoms with Crippen molar-refractivity contribution in [2.24, 2.45) is 5.92 Å². The van der Waals surface area contributed by atoms with Crippen molar-refractivity contribution in [2.75, 3.05) is 19.8 Å². The van der Waals surface area contributed by atoms with Crippen LogP contribution in [0.15, 0.2) is 18.2 Å². The summed E-state index contributed by atoms with van der Waals surface area (Å²) in [5, 5.41) is 11.3. The third kappa shape index (κ3) is 3.39. The number of aryl methyl sites for hydroxylation is 1. The van der Waals surface area contributed by atoms with Crippen LogP contribution >= 0.6 is 0 Å². The number of rotatable bonds is 6. The smallest absolute Gasteiger partial charge is 0.0922 e. The van der Waals surface area contributed by atoms with Gasteiger partial charge in [-0.1, -0.05) is 44.9 Å². The molecule has 2 heterocycles. The normalized spacial score (nSPS) is 30.0. The first-order valence-electron chi connectivity index (χ1n) is 9.75. The Morgan fingerprint density at radius 1 is 1.33 bits per heavy atom. The molecule has 1 fully saturated rings. The standard InChI is InChI=1S/C21H32FNO/c1-3-5-6-18-15-23-12-9-17-8-7-16(4-2)13-19(17)20(23)14-21(18,24)10-11-22/h7-8,13,18,20,24H,3-6,9-12,14-15H2,1-2H3/t18-,20-,21-/m1/s1. The van der Waals surface area contributed by atoms with Crippen molar-refractivity contribution in [3.05, 3.63) is 34.9 Å². The molecule has 0 radical (unpaired) electrons. The number of nitrogens with zero attached hydrogens (tertiary/aromatic N) is 1. The third-order valence-corrected chi connectivity index (χ3v) is 6.28. The fourth-order valence-corrected chi connectivity index (χ4v) is 4.71. The van der Waals surface area contributed by atoms with Gasteiger partial charge in [-0.2, -0.15) is 0 Å². The van der Waals surface area contributed by atoms with Gasteiger partial charge in [0.1, 0.15) is 0 Å². The number of halogens is 1. The Balaban J connectivity index is 1.88. The lowest BCUT2D eigenvalue weighted by molar-refractivity contribution is -0.108. The first kappa shape index (κ1) is 17.9. The van der Waals surface area contributed by atoms with Gasteiger partial charge in [-0.25, -0.2) is 0 Å². The van der Waals surface area contributed by atoms with Crippen molar-refractivity contribution in [1.82, 2.24) is 4.90 Å². The molecule has 2 aliphatic heterocycles. The highest BCUT2D eigenvalue weighted by molar-refractivity contribution is 5.37. The summed E-state index contributed by atoms with van der Waals surface area (Å²) >= 11 is 0. The van der Waals surface area contributed by atoms with E-state index in [1.54, 1.807) is 0 Å². The van der Waals surface area contributed by atoms with Crippen molar-refractivity contribution >= 4 is 0 Å². The van der Waals surface area contributed by atoms with Gasteiger partial charge in [0.15, 0.2) is 0 Å². The Morgan fingerprint density at radius 2 is 2.17 bits per heavy atom. The zero-order valence-electron chi connectivity index (χ0n) is 15.2. The molecule has 1 aromatic rings. The van der Waals surface area contributed by atoms with E-state index in [0.29, 0.717) is 6.42 Å². The molecule has 3 heteroatoms. The van der Waals surface area contributed by atoms with Gasteiger partial charge >= 0.3 is 0 Å². The zero-order chi connectivity index (χ0) is 17.2. The van der Waals surface area contributed by atoms with Gasteiger partial charge in [0.25, 0.3) is 0 Å². The molecule has 0 amide bonds. The summed E-state index contributed by atoms with van der Waals surface area (Å²) in [5.41, 5.74) is 3.31. The number of hydrogen-bond acceptors (Lipinski definition) is 2. The van der Waals surface area contributed by atoms with Crippen LogP contribution in [-0.4, -0.2) is 35.4 Å². The summed E-state index contributed by atoms with van der Waals surface area (Å²) in [7, 11) is 0. The van der Waals surface area contributed by atoms with E-state index >= 15 is 0 Å². The van der Waals surface area contributed by atoms with Gasteiger partial charge in [0.05, 0.1) is 12.3 Å². The van der Waals surface area contributed by atoms with Crippen molar-refractivity contribution in [3.8, 4) is 0 Å². The van der Waals surface area contributed by atoms with Gasteiger partial charge in [-0.05, 0) is 42.4 Å². The van der Waals surface area contributed by atoms with E-state index in [1.807, 2.05) is 0 Å². The predicted octanol–water partition coefficient (Wildman–Crippen LogP) is 4.45. The number of unbranched alkanes of at least 4 members (excludes halogenated alkanes) is 1. The fourth-order valence-electron chi connectivity index (χ4n) is 4.71. The summed E-state index contributed by atoms with van der Waals surface area (Å²) < 4.78 is 13.2. The van der Waals surface area contributed by atoms with E-state index in [1.165, 1.54) is 16.7 Å². The van der Waals surface area contributed by atoms with Crippen LogP contribution in [0.3, 0.4) is 0 Å². The Bertz CT molecular complexity index is 561. The summed E-state index contributed by atoms with van der Waals surface area (Å²) in [6.07, 6.45) is 6.37. The molecule has 3 atom stereocenters. The molecule has 1 saturated heterocycles. The van der Waals surface area contributed by atoms with Gasteiger partial charge in [-0.15, -0.1) is 0 Å². The first-order valence-corrected chi connectivity index (χ1v) is 9.75. The molecular weight excluding hydrogens is 301 g/mol. The monoisotopic (exact) mass is 333 g/mol. The van der Waals surface area contributed by atoms with Crippen molar-refractivity contribution in [1.29, 1.82) is 0 Å². The minimum Gasteiger partial charge on any atom is -0.389 e. The highest BCUT2D eigenvalue weighted by Crippen LogP contribution is 2.46. The Labute approximate surface area is 146 Å². The molecule has 0 saturated carbocycles. The van der Waals surface area contributed by atoms with Crippen LogP contribution in [-0.2, 0) is 12.8 Å². The van der Waals surface area contributed by atoms with E-state index in [9.17, 15) is 9.50 Å². The maximum absolute atomic E-state index is 13.2. The highest BCUT2D eigenvalue weighted by atomic mass is 19.1. The third-order valence-electron chi connectivity index (χ3n) is 6.28. The van der Waals surface area contributed by atoms with Crippen molar-refractivity contribution in [2.45, 2.75) is 70.4 Å². The number of aliphatic hydroxyl groups is 1. The number of benzene rings is 1. The lowest BCUT2D eigenvalue weighted by atomic mass is 9.70. The van der Waals surface area contributed by atoms with Gasteiger partial charge in [-0.3, -0.25) is 9.29 Å². The van der Waals surface area contributed by atoms with Crippen molar-refractivity contribution < 1.29 is 9.50 Å². The maximum Gasteiger partial charge on any atom is 0.0922 e. The van der Waals surface area contributed by atoms with Crippen LogP contribution in [0.5, 0.6) is 0 Å². The topological polar surface area (TPSA) is 23.5 Å². The summed E-state index contributed by atoms with van der Waals surface area (Å²) in [6, 6.07) is 7.08. The number of fused-ring (bicyclic) bond motifs is 3. The lowest BCUT2D eigenvalue weighted by Crippen LogP contribution is -2.55. The van der Waals surface area contributed by atoms with Crippen LogP contribution in [0.4, 0.5) is 4.39 Å². The summed E-state index contributed by atoms with van der Waals surface area (Å²) in [6.45, 7) is 5.93. The second-order valence-electron chi connectivity index (χ2n) is 7.73. The minimum atomic E-state index is -0.845. The van der Waals surface area contributed by atoms with E-state index < -0.39 is 12.3 Å². The largest absolute Gasteiger partial charge is 0.389 e. The summed E-state index contributed by atoms with van der Waals surface area (Å²) in [4.78, 5) is 2.55. The van der Waals surface area contributed by atoms with Gasteiger partial charge < -0.3 is 5.11 Å². The molecule has 1 N–H and O–H groups in total. The lowest BCUT2D eigenvalue weighted by Gasteiger charge is -2.51. The van der Waals surface area contributed by atoms with Gasteiger partial charge in [0, 0.05) is 31.5 Å². The molecule has 0 aromatic heterocycles. The molecule has 0 unspecified atom stereocenters. The van der Waals surface area contributed by atoms with Crippen LogP contribution in [0.1, 0.15) is 68.7 Å². The maximum atomic E-state index is 13.2. The molecule has 1 aromatic carbocycles. The van der Waals surface area contributed by atoms with E-state index in [0.717, 1.165) is 45.2 Å². The molecule has 0 spiro atoms. The van der Waals surface area contributed by atoms with Crippen LogP contribution in [0.25, 0.3) is 0 Å². The molecule has 2 aliphatic rings. The molecule has 0 aliphatic carbocycles. The average molecular weight is 333 g/mol. The van der Waals surface area contributed by atoms with Crippen LogP contribution < -0.4 is 0 Å². The molecule has 134 valence electrons. The Kier molecular flexibility index (Phi) is 5.61. The van der Waals surface area contributed by atoms with E-state index in [4.69, 9.17) is 0 Å². The van der Waals surface area contributed by atoms with E-state index in [2.05, 4.69) is 36.9 Å².